The van der Waals surface area contributed by atoms with Crippen LogP contribution < -0.4 is 5.32 Å². The molecule has 2 saturated heterocycles. The largest absolute Gasteiger partial charge is 0.310 e. The van der Waals surface area contributed by atoms with E-state index in [4.69, 9.17) is 0 Å². The first-order chi connectivity index (χ1) is 9.39. The van der Waals surface area contributed by atoms with Crippen molar-refractivity contribution >= 4 is 10.0 Å². The summed E-state index contributed by atoms with van der Waals surface area (Å²) in [4.78, 5) is 0.387. The van der Waals surface area contributed by atoms with Gasteiger partial charge < -0.3 is 5.32 Å². The third kappa shape index (κ3) is 2.17. The van der Waals surface area contributed by atoms with Gasteiger partial charge in [-0.05, 0) is 33.1 Å². The van der Waals surface area contributed by atoms with Crippen LogP contribution in [-0.2, 0) is 17.1 Å². The molecule has 2 fully saturated rings. The number of aryl methyl sites for hydroxylation is 2. The minimum Gasteiger partial charge on any atom is -0.310 e. The van der Waals surface area contributed by atoms with Crippen molar-refractivity contribution in [1.29, 1.82) is 0 Å². The van der Waals surface area contributed by atoms with Crippen molar-refractivity contribution < 1.29 is 8.42 Å². The molecule has 0 aromatic carbocycles. The van der Waals surface area contributed by atoms with Crippen molar-refractivity contribution in [3.63, 3.8) is 0 Å². The molecule has 0 amide bonds. The molecule has 2 aliphatic heterocycles. The van der Waals surface area contributed by atoms with Gasteiger partial charge in [0.25, 0.3) is 0 Å². The van der Waals surface area contributed by atoms with Gasteiger partial charge in [0.2, 0.25) is 10.0 Å². The zero-order valence-electron chi connectivity index (χ0n) is 12.3. The molecule has 1 aromatic heterocycles. The van der Waals surface area contributed by atoms with Gasteiger partial charge >= 0.3 is 0 Å². The van der Waals surface area contributed by atoms with Gasteiger partial charge in [-0.2, -0.15) is 9.40 Å². The van der Waals surface area contributed by atoms with Crippen molar-refractivity contribution in [2.75, 3.05) is 13.1 Å². The van der Waals surface area contributed by atoms with Crippen LogP contribution in [0.5, 0.6) is 0 Å². The molecule has 0 aliphatic carbocycles. The number of nitrogens with zero attached hydrogens (tertiary/aromatic N) is 3. The van der Waals surface area contributed by atoms with E-state index < -0.39 is 10.0 Å². The van der Waals surface area contributed by atoms with Crippen LogP contribution in [0.3, 0.4) is 0 Å². The molecular formula is C13H22N4O2S. The van der Waals surface area contributed by atoms with Crippen LogP contribution in [0.25, 0.3) is 0 Å². The number of rotatable bonds is 2. The molecule has 20 heavy (non-hydrogen) atoms. The van der Waals surface area contributed by atoms with Crippen LogP contribution in [0.2, 0.25) is 0 Å². The molecule has 3 heterocycles. The standard InChI is InChI=1S/C13H22N4O2S/c1-9-13(10(2)16(3)15-9)20(18,19)17-7-6-11-4-5-12(8-17)14-11/h11-12,14H,4-8H2,1-3H3. The summed E-state index contributed by atoms with van der Waals surface area (Å²) in [6, 6.07) is 0.783. The highest BCUT2D eigenvalue weighted by molar-refractivity contribution is 7.89. The topological polar surface area (TPSA) is 67.2 Å². The Bertz CT molecular complexity index is 623. The number of hydrogen-bond acceptors (Lipinski definition) is 4. The predicted octanol–water partition coefficient (Wildman–Crippen LogP) is 0.552. The second kappa shape index (κ2) is 4.82. The Kier molecular flexibility index (Phi) is 3.38. The van der Waals surface area contributed by atoms with Gasteiger partial charge in [-0.15, -0.1) is 0 Å². The minimum absolute atomic E-state index is 0.301. The maximum Gasteiger partial charge on any atom is 0.246 e. The van der Waals surface area contributed by atoms with E-state index in [1.807, 2.05) is 6.92 Å². The Balaban J connectivity index is 1.95. The van der Waals surface area contributed by atoms with Crippen molar-refractivity contribution in [2.24, 2.45) is 7.05 Å². The fourth-order valence-corrected chi connectivity index (χ4v) is 5.29. The van der Waals surface area contributed by atoms with Gasteiger partial charge in [0.15, 0.2) is 0 Å². The maximum atomic E-state index is 12.9. The first kappa shape index (κ1) is 14.0. The molecule has 0 spiro atoms. The van der Waals surface area contributed by atoms with E-state index in [0.717, 1.165) is 12.8 Å². The van der Waals surface area contributed by atoms with Crippen LogP contribution in [-0.4, -0.2) is 47.7 Å². The fourth-order valence-electron chi connectivity index (χ4n) is 3.39. The van der Waals surface area contributed by atoms with Gasteiger partial charge in [-0.3, -0.25) is 4.68 Å². The molecule has 112 valence electrons. The van der Waals surface area contributed by atoms with Gasteiger partial charge in [-0.1, -0.05) is 0 Å². The Labute approximate surface area is 120 Å². The lowest BCUT2D eigenvalue weighted by molar-refractivity contribution is 0.383. The number of sulfonamides is 1. The zero-order chi connectivity index (χ0) is 14.5. The van der Waals surface area contributed by atoms with Crippen LogP contribution in [0, 0.1) is 13.8 Å². The smallest absolute Gasteiger partial charge is 0.246 e. The third-order valence-corrected chi connectivity index (χ3v) is 6.64. The molecule has 2 bridgehead atoms. The molecular weight excluding hydrogens is 276 g/mol. The molecule has 1 N–H and O–H groups in total. The number of hydrogen-bond donors (Lipinski definition) is 1. The van der Waals surface area contributed by atoms with E-state index in [9.17, 15) is 8.42 Å². The van der Waals surface area contributed by atoms with Crippen LogP contribution in [0.4, 0.5) is 0 Å². The van der Waals surface area contributed by atoms with E-state index in [1.165, 1.54) is 6.42 Å². The van der Waals surface area contributed by atoms with Gasteiger partial charge in [-0.25, -0.2) is 8.42 Å². The lowest BCUT2D eigenvalue weighted by Gasteiger charge is -2.23. The number of aromatic nitrogens is 2. The zero-order valence-corrected chi connectivity index (χ0v) is 13.1. The Morgan fingerprint density at radius 1 is 1.20 bits per heavy atom. The lowest BCUT2D eigenvalue weighted by Crippen LogP contribution is -2.39. The summed E-state index contributed by atoms with van der Waals surface area (Å²) in [5.41, 5.74) is 1.30. The molecule has 1 aromatic rings. The van der Waals surface area contributed by atoms with Crippen LogP contribution in [0.1, 0.15) is 30.7 Å². The molecule has 0 saturated carbocycles. The normalized spacial score (nSPS) is 27.8. The summed E-state index contributed by atoms with van der Waals surface area (Å²) in [7, 11) is -1.65. The predicted molar refractivity (Wildman–Crippen MR) is 76.0 cm³/mol. The fraction of sp³-hybridized carbons (Fsp3) is 0.769. The van der Waals surface area contributed by atoms with E-state index >= 15 is 0 Å². The summed E-state index contributed by atoms with van der Waals surface area (Å²) >= 11 is 0. The Morgan fingerprint density at radius 3 is 2.55 bits per heavy atom. The van der Waals surface area contributed by atoms with Crippen molar-refractivity contribution in [1.82, 2.24) is 19.4 Å². The second-order valence-electron chi connectivity index (χ2n) is 5.91. The summed E-state index contributed by atoms with van der Waals surface area (Å²) < 4.78 is 29.1. The third-order valence-electron chi connectivity index (χ3n) is 4.53. The quantitative estimate of drug-likeness (QED) is 0.866. The highest BCUT2D eigenvalue weighted by Gasteiger charge is 2.37. The average Bonchev–Trinajstić information content (AvgIpc) is 2.79. The summed E-state index contributed by atoms with van der Waals surface area (Å²) in [5, 5.41) is 7.75. The molecule has 2 aliphatic rings. The lowest BCUT2D eigenvalue weighted by atomic mass is 10.1. The van der Waals surface area contributed by atoms with E-state index in [0.29, 0.717) is 41.5 Å². The first-order valence-electron chi connectivity index (χ1n) is 7.16. The van der Waals surface area contributed by atoms with E-state index in [-0.39, 0.29) is 0 Å². The Hall–Kier alpha value is -0.920. The summed E-state index contributed by atoms with van der Waals surface area (Å²) in [5.74, 6) is 0. The molecule has 2 atom stereocenters. The maximum absolute atomic E-state index is 12.9. The number of nitrogens with one attached hydrogen (secondary N) is 1. The molecule has 6 nitrogen and oxygen atoms in total. The van der Waals surface area contributed by atoms with E-state index in [1.54, 1.807) is 23.0 Å². The molecule has 7 heteroatoms. The highest BCUT2D eigenvalue weighted by atomic mass is 32.2. The summed E-state index contributed by atoms with van der Waals surface area (Å²) in [6.45, 7) is 4.76. The van der Waals surface area contributed by atoms with Gasteiger partial charge in [0.1, 0.15) is 4.90 Å². The average molecular weight is 298 g/mol. The molecule has 2 unspecified atom stereocenters. The summed E-state index contributed by atoms with van der Waals surface area (Å²) in [6.07, 6.45) is 3.14. The highest BCUT2D eigenvalue weighted by Crippen LogP contribution is 2.27. The van der Waals surface area contributed by atoms with E-state index in [2.05, 4.69) is 10.4 Å². The molecule has 3 rings (SSSR count). The Morgan fingerprint density at radius 2 is 1.90 bits per heavy atom. The van der Waals surface area contributed by atoms with Crippen LogP contribution >= 0.6 is 0 Å². The molecule has 0 radical (unpaired) electrons. The van der Waals surface area contributed by atoms with Gasteiger partial charge in [0.05, 0.1) is 11.4 Å². The second-order valence-corrected chi connectivity index (χ2v) is 7.79. The van der Waals surface area contributed by atoms with Crippen LogP contribution in [0.15, 0.2) is 4.90 Å². The minimum atomic E-state index is -3.44. The van der Waals surface area contributed by atoms with Crippen molar-refractivity contribution in [2.45, 2.75) is 50.1 Å². The van der Waals surface area contributed by atoms with Gasteiger partial charge in [0, 0.05) is 32.2 Å². The SMILES string of the molecule is Cc1nn(C)c(C)c1S(=O)(=O)N1CCC2CCC(C1)N2. The number of fused-ring (bicyclic) bond motifs is 2. The first-order valence-corrected chi connectivity index (χ1v) is 8.60. The van der Waals surface area contributed by atoms with Crippen molar-refractivity contribution in [3.8, 4) is 0 Å². The van der Waals surface area contributed by atoms with Crippen molar-refractivity contribution in [3.05, 3.63) is 11.4 Å². The monoisotopic (exact) mass is 298 g/mol.